The number of thiophene rings is 1. The molecule has 0 aliphatic carbocycles. The van der Waals surface area contributed by atoms with Gasteiger partial charge in [-0.15, -0.1) is 11.3 Å². The standard InChI is InChI=1S/C16H17NO3S/c18-16(19)13-5-3-12(4-6-13)10-17-7-8-20-14(11-17)15-2-1-9-21-15/h1-6,9,14H,7-8,10-11H2,(H,18,19). The van der Waals surface area contributed by atoms with E-state index >= 15 is 0 Å². The maximum Gasteiger partial charge on any atom is 0.335 e. The number of aromatic carboxylic acids is 1. The fraction of sp³-hybridized carbons (Fsp3) is 0.312. The molecule has 0 saturated carbocycles. The Morgan fingerprint density at radius 3 is 2.81 bits per heavy atom. The van der Waals surface area contributed by atoms with Crippen LogP contribution in [0, 0.1) is 0 Å². The van der Waals surface area contributed by atoms with Crippen LogP contribution in [0.2, 0.25) is 0 Å². The summed E-state index contributed by atoms with van der Waals surface area (Å²) in [5.74, 6) is -0.884. The Bertz CT molecular complexity index is 594. The summed E-state index contributed by atoms with van der Waals surface area (Å²) < 4.78 is 5.83. The fourth-order valence-electron chi connectivity index (χ4n) is 2.50. The van der Waals surface area contributed by atoms with Crippen LogP contribution < -0.4 is 0 Å². The number of carboxylic acids is 1. The molecular formula is C16H17NO3S. The Kier molecular flexibility index (Phi) is 4.34. The summed E-state index contributed by atoms with van der Waals surface area (Å²) in [7, 11) is 0. The molecule has 0 amide bonds. The van der Waals surface area contributed by atoms with E-state index in [2.05, 4.69) is 16.3 Å². The maximum absolute atomic E-state index is 10.9. The van der Waals surface area contributed by atoms with Gasteiger partial charge in [-0.2, -0.15) is 0 Å². The normalized spacial score (nSPS) is 19.5. The minimum atomic E-state index is -0.884. The lowest BCUT2D eigenvalue weighted by atomic mass is 10.1. The average molecular weight is 303 g/mol. The third kappa shape index (κ3) is 3.50. The molecule has 21 heavy (non-hydrogen) atoms. The first kappa shape index (κ1) is 14.3. The second-order valence-corrected chi connectivity index (χ2v) is 6.09. The van der Waals surface area contributed by atoms with E-state index in [4.69, 9.17) is 9.84 Å². The molecule has 1 N–H and O–H groups in total. The van der Waals surface area contributed by atoms with Crippen molar-refractivity contribution in [2.45, 2.75) is 12.6 Å². The van der Waals surface area contributed by atoms with E-state index in [1.165, 1.54) is 4.88 Å². The highest BCUT2D eigenvalue weighted by molar-refractivity contribution is 7.10. The molecule has 1 fully saturated rings. The van der Waals surface area contributed by atoms with Crippen LogP contribution in [0.1, 0.15) is 26.9 Å². The van der Waals surface area contributed by atoms with Crippen LogP contribution in [-0.4, -0.2) is 35.7 Å². The van der Waals surface area contributed by atoms with Crippen molar-refractivity contribution in [2.24, 2.45) is 0 Å². The Morgan fingerprint density at radius 2 is 2.14 bits per heavy atom. The van der Waals surface area contributed by atoms with Gasteiger partial charge in [0.1, 0.15) is 6.10 Å². The monoisotopic (exact) mass is 303 g/mol. The SMILES string of the molecule is O=C(O)c1ccc(CN2CCOC(c3cccs3)C2)cc1. The molecule has 1 aromatic carbocycles. The van der Waals surface area contributed by atoms with E-state index in [1.807, 2.05) is 18.2 Å². The van der Waals surface area contributed by atoms with Crippen molar-refractivity contribution in [2.75, 3.05) is 19.7 Å². The minimum absolute atomic E-state index is 0.150. The number of hydrogen-bond donors (Lipinski definition) is 1. The van der Waals surface area contributed by atoms with Crippen molar-refractivity contribution in [3.63, 3.8) is 0 Å². The van der Waals surface area contributed by atoms with Crippen molar-refractivity contribution in [1.29, 1.82) is 0 Å². The zero-order valence-corrected chi connectivity index (χ0v) is 12.4. The first-order valence-electron chi connectivity index (χ1n) is 6.92. The molecule has 2 aromatic rings. The van der Waals surface area contributed by atoms with Crippen molar-refractivity contribution < 1.29 is 14.6 Å². The number of ether oxygens (including phenoxy) is 1. The molecule has 4 nitrogen and oxygen atoms in total. The van der Waals surface area contributed by atoms with E-state index in [9.17, 15) is 4.79 Å². The summed E-state index contributed by atoms with van der Waals surface area (Å²) in [6.07, 6.45) is 0.150. The predicted molar refractivity (Wildman–Crippen MR) is 81.7 cm³/mol. The van der Waals surface area contributed by atoms with E-state index in [0.29, 0.717) is 5.56 Å². The smallest absolute Gasteiger partial charge is 0.335 e. The van der Waals surface area contributed by atoms with Crippen molar-refractivity contribution in [3.8, 4) is 0 Å². The number of hydrogen-bond acceptors (Lipinski definition) is 4. The van der Waals surface area contributed by atoms with E-state index in [1.54, 1.807) is 23.5 Å². The van der Waals surface area contributed by atoms with Gasteiger partial charge in [-0.05, 0) is 29.1 Å². The van der Waals surface area contributed by atoms with Crippen LogP contribution in [0.3, 0.4) is 0 Å². The van der Waals surface area contributed by atoms with Gasteiger partial charge in [-0.3, -0.25) is 4.90 Å². The number of carbonyl (C=O) groups is 1. The topological polar surface area (TPSA) is 49.8 Å². The number of rotatable bonds is 4. The lowest BCUT2D eigenvalue weighted by molar-refractivity contribution is -0.0311. The van der Waals surface area contributed by atoms with Gasteiger partial charge in [0, 0.05) is 24.5 Å². The molecule has 3 rings (SSSR count). The number of benzene rings is 1. The second-order valence-electron chi connectivity index (χ2n) is 5.11. The van der Waals surface area contributed by atoms with Crippen LogP contribution in [0.15, 0.2) is 41.8 Å². The summed E-state index contributed by atoms with van der Waals surface area (Å²) in [4.78, 5) is 14.5. The number of morpholine rings is 1. The summed E-state index contributed by atoms with van der Waals surface area (Å²) in [5, 5.41) is 11.0. The molecule has 1 aromatic heterocycles. The molecule has 2 heterocycles. The maximum atomic E-state index is 10.9. The predicted octanol–water partition coefficient (Wildman–Crippen LogP) is 3.02. The van der Waals surface area contributed by atoms with Crippen molar-refractivity contribution in [1.82, 2.24) is 4.90 Å². The molecule has 1 saturated heterocycles. The van der Waals surface area contributed by atoms with Crippen LogP contribution in [0.4, 0.5) is 0 Å². The molecule has 0 spiro atoms. The summed E-state index contributed by atoms with van der Waals surface area (Å²) in [5.41, 5.74) is 1.46. The minimum Gasteiger partial charge on any atom is -0.478 e. The van der Waals surface area contributed by atoms with E-state index in [-0.39, 0.29) is 6.10 Å². The molecule has 0 bridgehead atoms. The summed E-state index contributed by atoms with van der Waals surface area (Å²) in [6, 6.07) is 11.3. The van der Waals surface area contributed by atoms with Gasteiger partial charge in [0.15, 0.2) is 0 Å². The zero-order chi connectivity index (χ0) is 14.7. The van der Waals surface area contributed by atoms with Crippen LogP contribution in [0.5, 0.6) is 0 Å². The lowest BCUT2D eigenvalue weighted by Crippen LogP contribution is -2.37. The van der Waals surface area contributed by atoms with Gasteiger partial charge in [-0.1, -0.05) is 18.2 Å². The summed E-state index contributed by atoms with van der Waals surface area (Å²) >= 11 is 1.73. The third-order valence-corrected chi connectivity index (χ3v) is 4.58. The number of nitrogens with zero attached hydrogens (tertiary/aromatic N) is 1. The molecule has 1 aliphatic rings. The third-order valence-electron chi connectivity index (χ3n) is 3.62. The largest absolute Gasteiger partial charge is 0.478 e. The summed E-state index contributed by atoms with van der Waals surface area (Å²) in [6.45, 7) is 3.34. The average Bonchev–Trinajstić information content (AvgIpc) is 3.02. The van der Waals surface area contributed by atoms with Crippen LogP contribution >= 0.6 is 11.3 Å². The van der Waals surface area contributed by atoms with Gasteiger partial charge >= 0.3 is 5.97 Å². The first-order valence-corrected chi connectivity index (χ1v) is 7.80. The molecule has 5 heteroatoms. The molecule has 1 aliphatic heterocycles. The molecular weight excluding hydrogens is 286 g/mol. The van der Waals surface area contributed by atoms with Gasteiger partial charge in [-0.25, -0.2) is 4.79 Å². The molecule has 1 unspecified atom stereocenters. The second kappa shape index (κ2) is 6.39. The van der Waals surface area contributed by atoms with Crippen LogP contribution in [0.25, 0.3) is 0 Å². The highest BCUT2D eigenvalue weighted by Crippen LogP contribution is 2.26. The van der Waals surface area contributed by atoms with Gasteiger partial charge in [0.25, 0.3) is 0 Å². The highest BCUT2D eigenvalue weighted by Gasteiger charge is 2.22. The lowest BCUT2D eigenvalue weighted by Gasteiger charge is -2.32. The van der Waals surface area contributed by atoms with Gasteiger partial charge in [0.05, 0.1) is 12.2 Å². The zero-order valence-electron chi connectivity index (χ0n) is 11.6. The quantitative estimate of drug-likeness (QED) is 0.943. The van der Waals surface area contributed by atoms with Crippen molar-refractivity contribution in [3.05, 3.63) is 57.8 Å². The molecule has 0 radical (unpaired) electrons. The highest BCUT2D eigenvalue weighted by atomic mass is 32.1. The van der Waals surface area contributed by atoms with Gasteiger partial charge in [0.2, 0.25) is 0 Å². The molecule has 110 valence electrons. The van der Waals surface area contributed by atoms with Crippen molar-refractivity contribution >= 4 is 17.3 Å². The Hall–Kier alpha value is -1.69. The first-order chi connectivity index (χ1) is 10.2. The molecule has 1 atom stereocenters. The van der Waals surface area contributed by atoms with Gasteiger partial charge < -0.3 is 9.84 Å². The number of carboxylic acid groups (broad SMARTS) is 1. The van der Waals surface area contributed by atoms with E-state index < -0.39 is 5.97 Å². The van der Waals surface area contributed by atoms with E-state index in [0.717, 1.165) is 31.8 Å². The fourth-order valence-corrected chi connectivity index (χ4v) is 3.27. The Morgan fingerprint density at radius 1 is 1.33 bits per heavy atom. The Balaban J connectivity index is 1.63. The van der Waals surface area contributed by atoms with Crippen LogP contribution in [-0.2, 0) is 11.3 Å². The Labute approximate surface area is 127 Å².